The minimum atomic E-state index is -0.108. The summed E-state index contributed by atoms with van der Waals surface area (Å²) >= 11 is 0. The molecule has 3 nitrogen and oxygen atoms in total. The molecule has 1 aliphatic rings. The Hall–Kier alpha value is -0.570. The van der Waals surface area contributed by atoms with Gasteiger partial charge in [0.15, 0.2) is 0 Å². The van der Waals surface area contributed by atoms with Crippen molar-refractivity contribution in [3.8, 4) is 0 Å². The van der Waals surface area contributed by atoms with Crippen LogP contribution in [0, 0.1) is 10.8 Å². The summed E-state index contributed by atoms with van der Waals surface area (Å²) in [4.78, 5) is 11.9. The van der Waals surface area contributed by atoms with E-state index in [1.807, 2.05) is 14.0 Å². The largest absolute Gasteiger partial charge is 0.352 e. The zero-order valence-electron chi connectivity index (χ0n) is 12.2. The number of hydrogen-bond acceptors (Lipinski definition) is 2. The molecule has 3 heteroatoms. The van der Waals surface area contributed by atoms with Crippen LogP contribution in [0.25, 0.3) is 0 Å². The van der Waals surface area contributed by atoms with Crippen LogP contribution in [0.3, 0.4) is 0 Å². The second-order valence-corrected chi connectivity index (χ2v) is 7.13. The van der Waals surface area contributed by atoms with E-state index in [0.717, 1.165) is 12.8 Å². The first kappa shape index (κ1) is 14.5. The zero-order valence-corrected chi connectivity index (χ0v) is 12.2. The average molecular weight is 240 g/mol. The Bertz CT molecular complexity index is 268. The number of nitrogens with one attached hydrogen (secondary N) is 2. The lowest BCUT2D eigenvalue weighted by Crippen LogP contribution is -2.50. The molecule has 1 rings (SSSR count). The molecular weight excluding hydrogens is 212 g/mol. The molecule has 1 saturated carbocycles. The van der Waals surface area contributed by atoms with Crippen LogP contribution < -0.4 is 10.6 Å². The minimum absolute atomic E-state index is 0.108. The maximum Gasteiger partial charge on any atom is 0.237 e. The highest BCUT2D eigenvalue weighted by molar-refractivity contribution is 5.81. The van der Waals surface area contributed by atoms with Crippen LogP contribution in [0.1, 0.15) is 53.9 Å². The molecule has 0 aromatic rings. The molecule has 0 aromatic heterocycles. The third-order valence-electron chi connectivity index (χ3n) is 3.73. The molecule has 1 fully saturated rings. The van der Waals surface area contributed by atoms with Crippen LogP contribution in [0.5, 0.6) is 0 Å². The van der Waals surface area contributed by atoms with Crippen molar-refractivity contribution in [3.05, 3.63) is 0 Å². The maximum absolute atomic E-state index is 11.9. The lowest BCUT2D eigenvalue weighted by Gasteiger charge is -2.45. The predicted molar refractivity (Wildman–Crippen MR) is 71.9 cm³/mol. The summed E-state index contributed by atoms with van der Waals surface area (Å²) in [5, 5.41) is 6.16. The number of carbonyl (C=O) groups excluding carboxylic acids is 1. The topological polar surface area (TPSA) is 41.1 Å². The van der Waals surface area contributed by atoms with Gasteiger partial charge < -0.3 is 10.6 Å². The monoisotopic (exact) mass is 240 g/mol. The second-order valence-electron chi connectivity index (χ2n) is 7.13. The zero-order chi connectivity index (χ0) is 13.3. The highest BCUT2D eigenvalue weighted by Gasteiger charge is 2.39. The van der Waals surface area contributed by atoms with E-state index in [4.69, 9.17) is 0 Å². The average Bonchev–Trinajstić information content (AvgIpc) is 2.11. The molecule has 1 unspecified atom stereocenters. The Morgan fingerprint density at radius 3 is 2.06 bits per heavy atom. The fourth-order valence-electron chi connectivity index (χ4n) is 3.41. The van der Waals surface area contributed by atoms with Gasteiger partial charge in [0.25, 0.3) is 0 Å². The van der Waals surface area contributed by atoms with E-state index in [2.05, 4.69) is 38.3 Å². The Morgan fingerprint density at radius 1 is 1.18 bits per heavy atom. The molecule has 1 atom stereocenters. The lowest BCUT2D eigenvalue weighted by atomic mass is 9.63. The van der Waals surface area contributed by atoms with Crippen LogP contribution in [0.15, 0.2) is 0 Å². The summed E-state index contributed by atoms with van der Waals surface area (Å²) in [5.74, 6) is 0.117. The third kappa shape index (κ3) is 4.30. The molecule has 17 heavy (non-hydrogen) atoms. The van der Waals surface area contributed by atoms with Gasteiger partial charge in [-0.25, -0.2) is 0 Å². The van der Waals surface area contributed by atoms with Crippen molar-refractivity contribution in [2.24, 2.45) is 10.8 Å². The van der Waals surface area contributed by atoms with Crippen LogP contribution in [0.2, 0.25) is 0 Å². The Kier molecular flexibility index (Phi) is 4.23. The Balaban J connectivity index is 2.63. The van der Waals surface area contributed by atoms with Gasteiger partial charge in [-0.05, 0) is 44.1 Å². The first-order valence-electron chi connectivity index (χ1n) is 6.63. The summed E-state index contributed by atoms with van der Waals surface area (Å²) in [7, 11) is 1.82. The molecule has 2 N–H and O–H groups in total. The highest BCUT2D eigenvalue weighted by Crippen LogP contribution is 2.45. The maximum atomic E-state index is 11.9. The van der Waals surface area contributed by atoms with Gasteiger partial charge in [0.05, 0.1) is 6.04 Å². The SMILES string of the molecule is CNC(C)C(=O)NC1CC(C)(C)CC(C)(C)C1. The number of amides is 1. The number of rotatable bonds is 3. The second kappa shape index (κ2) is 4.97. The van der Waals surface area contributed by atoms with Crippen molar-refractivity contribution < 1.29 is 4.79 Å². The standard InChI is InChI=1S/C14H28N2O/c1-10(15-6)12(17)16-11-7-13(2,3)9-14(4,5)8-11/h10-11,15H,7-9H2,1-6H3,(H,16,17). The van der Waals surface area contributed by atoms with Gasteiger partial charge in [-0.3, -0.25) is 4.79 Å². The molecule has 0 spiro atoms. The Labute approximate surface area is 106 Å². The Morgan fingerprint density at radius 2 is 1.65 bits per heavy atom. The predicted octanol–water partition coefficient (Wildman–Crippen LogP) is 2.32. The van der Waals surface area contributed by atoms with Crippen molar-refractivity contribution in [3.63, 3.8) is 0 Å². The van der Waals surface area contributed by atoms with Crippen LogP contribution in [-0.4, -0.2) is 25.0 Å². The molecule has 0 heterocycles. The molecule has 100 valence electrons. The summed E-state index contributed by atoms with van der Waals surface area (Å²) in [6.07, 6.45) is 3.39. The van der Waals surface area contributed by atoms with E-state index >= 15 is 0 Å². The van der Waals surface area contributed by atoms with E-state index in [1.165, 1.54) is 6.42 Å². The lowest BCUT2D eigenvalue weighted by molar-refractivity contribution is -0.124. The summed E-state index contributed by atoms with van der Waals surface area (Å²) < 4.78 is 0. The fraction of sp³-hybridized carbons (Fsp3) is 0.929. The van der Waals surface area contributed by atoms with Crippen LogP contribution >= 0.6 is 0 Å². The number of likely N-dealkylation sites (N-methyl/N-ethyl adjacent to an activating group) is 1. The molecule has 0 aromatic carbocycles. The highest BCUT2D eigenvalue weighted by atomic mass is 16.2. The third-order valence-corrected chi connectivity index (χ3v) is 3.73. The molecule has 0 saturated heterocycles. The molecule has 1 aliphatic carbocycles. The fourth-order valence-corrected chi connectivity index (χ4v) is 3.41. The van der Waals surface area contributed by atoms with E-state index in [1.54, 1.807) is 0 Å². The first-order chi connectivity index (χ1) is 7.65. The van der Waals surface area contributed by atoms with E-state index in [-0.39, 0.29) is 11.9 Å². The molecule has 1 amide bonds. The van der Waals surface area contributed by atoms with Crippen molar-refractivity contribution >= 4 is 5.91 Å². The molecule has 0 aliphatic heterocycles. The normalized spacial score (nSPS) is 25.3. The first-order valence-corrected chi connectivity index (χ1v) is 6.63. The number of carbonyl (C=O) groups is 1. The van der Waals surface area contributed by atoms with E-state index in [9.17, 15) is 4.79 Å². The quantitative estimate of drug-likeness (QED) is 0.795. The van der Waals surface area contributed by atoms with Crippen molar-refractivity contribution in [1.29, 1.82) is 0 Å². The van der Waals surface area contributed by atoms with Gasteiger partial charge in [-0.15, -0.1) is 0 Å². The molecular formula is C14H28N2O. The van der Waals surface area contributed by atoms with Gasteiger partial charge in [-0.2, -0.15) is 0 Å². The van der Waals surface area contributed by atoms with Crippen LogP contribution in [0.4, 0.5) is 0 Å². The molecule has 0 bridgehead atoms. The van der Waals surface area contributed by atoms with E-state index < -0.39 is 0 Å². The van der Waals surface area contributed by atoms with E-state index in [0.29, 0.717) is 16.9 Å². The number of hydrogen-bond donors (Lipinski definition) is 2. The van der Waals surface area contributed by atoms with Gasteiger partial charge in [-0.1, -0.05) is 27.7 Å². The smallest absolute Gasteiger partial charge is 0.237 e. The minimum Gasteiger partial charge on any atom is -0.352 e. The van der Waals surface area contributed by atoms with Gasteiger partial charge in [0, 0.05) is 6.04 Å². The summed E-state index contributed by atoms with van der Waals surface area (Å²) in [6.45, 7) is 11.1. The van der Waals surface area contributed by atoms with Gasteiger partial charge in [0.1, 0.15) is 0 Å². The summed E-state index contributed by atoms with van der Waals surface area (Å²) in [5.41, 5.74) is 0.644. The van der Waals surface area contributed by atoms with Gasteiger partial charge in [0.2, 0.25) is 5.91 Å². The summed E-state index contributed by atoms with van der Waals surface area (Å²) in [6, 6.07) is 0.209. The van der Waals surface area contributed by atoms with Crippen molar-refractivity contribution in [2.75, 3.05) is 7.05 Å². The van der Waals surface area contributed by atoms with Crippen molar-refractivity contribution in [2.45, 2.75) is 66.0 Å². The van der Waals surface area contributed by atoms with Crippen LogP contribution in [-0.2, 0) is 4.79 Å². The molecule has 0 radical (unpaired) electrons. The van der Waals surface area contributed by atoms with Crippen molar-refractivity contribution in [1.82, 2.24) is 10.6 Å². The van der Waals surface area contributed by atoms with Gasteiger partial charge >= 0.3 is 0 Å².